The van der Waals surface area contributed by atoms with Crippen LogP contribution in [-0.4, -0.2) is 32.5 Å². The summed E-state index contributed by atoms with van der Waals surface area (Å²) in [4.78, 5) is 28.9. The minimum absolute atomic E-state index is 0.0360. The van der Waals surface area contributed by atoms with Crippen LogP contribution in [0.5, 0.6) is 5.75 Å². The standard InChI is InChI=1S/C24H21FN4O5/c1-15-8-9-17(14-19(15)25)22-26-23(34-28-22)16(2)33-24(31)20-10-11-21(30)29(27-20)12-13-32-18-6-4-3-5-7-18/h3-11,14,16H,12-13H2,1-2H3. The van der Waals surface area contributed by atoms with Crippen molar-refractivity contribution >= 4 is 5.97 Å². The monoisotopic (exact) mass is 464 g/mol. The second kappa shape index (κ2) is 10.1. The number of aryl methyl sites for hydroxylation is 1. The fraction of sp³-hybridized carbons (Fsp3) is 0.208. The second-order valence-corrected chi connectivity index (χ2v) is 7.41. The molecule has 2 aromatic carbocycles. The first-order valence-corrected chi connectivity index (χ1v) is 10.5. The zero-order valence-corrected chi connectivity index (χ0v) is 18.5. The van der Waals surface area contributed by atoms with E-state index in [-0.39, 0.29) is 36.1 Å². The molecule has 0 spiro atoms. The van der Waals surface area contributed by atoms with E-state index in [1.807, 2.05) is 18.2 Å². The molecule has 0 bridgehead atoms. The number of para-hydroxylation sites is 1. The van der Waals surface area contributed by atoms with Crippen LogP contribution in [-0.2, 0) is 11.3 Å². The summed E-state index contributed by atoms with van der Waals surface area (Å²) in [5, 5.41) is 7.89. The third-order valence-electron chi connectivity index (χ3n) is 4.89. The van der Waals surface area contributed by atoms with Crippen molar-refractivity contribution in [2.45, 2.75) is 26.5 Å². The first-order chi connectivity index (χ1) is 16.4. The zero-order chi connectivity index (χ0) is 24.1. The lowest BCUT2D eigenvalue weighted by Crippen LogP contribution is -2.27. The largest absolute Gasteiger partial charge is 0.492 e. The van der Waals surface area contributed by atoms with Crippen LogP contribution >= 0.6 is 0 Å². The quantitative estimate of drug-likeness (QED) is 0.363. The van der Waals surface area contributed by atoms with Crippen molar-refractivity contribution in [2.75, 3.05) is 6.61 Å². The lowest BCUT2D eigenvalue weighted by molar-refractivity contribution is 0.0255. The Morgan fingerprint density at radius 1 is 1.15 bits per heavy atom. The smallest absolute Gasteiger partial charge is 0.359 e. The first kappa shape index (κ1) is 22.8. The molecule has 10 heteroatoms. The molecule has 4 rings (SSSR count). The van der Waals surface area contributed by atoms with Gasteiger partial charge in [-0.05, 0) is 43.7 Å². The zero-order valence-electron chi connectivity index (χ0n) is 18.5. The lowest BCUT2D eigenvalue weighted by atomic mass is 10.1. The molecule has 0 N–H and O–H groups in total. The molecule has 0 saturated heterocycles. The summed E-state index contributed by atoms with van der Waals surface area (Å²) in [7, 11) is 0. The summed E-state index contributed by atoms with van der Waals surface area (Å²) >= 11 is 0. The van der Waals surface area contributed by atoms with Crippen molar-refractivity contribution in [3.63, 3.8) is 0 Å². The SMILES string of the molecule is Cc1ccc(-c2noc(C(C)OC(=O)c3ccc(=O)n(CCOc4ccccc4)n3)n2)cc1F. The Kier molecular flexibility index (Phi) is 6.77. The predicted molar refractivity (Wildman–Crippen MR) is 119 cm³/mol. The highest BCUT2D eigenvalue weighted by Gasteiger charge is 2.22. The topological polar surface area (TPSA) is 109 Å². The van der Waals surface area contributed by atoms with E-state index in [9.17, 15) is 14.0 Å². The van der Waals surface area contributed by atoms with Crippen LogP contribution in [0, 0.1) is 12.7 Å². The highest BCUT2D eigenvalue weighted by molar-refractivity contribution is 5.87. The Labute approximate surface area is 193 Å². The van der Waals surface area contributed by atoms with Crippen molar-refractivity contribution in [3.05, 3.63) is 94.0 Å². The Bertz CT molecular complexity index is 1350. The van der Waals surface area contributed by atoms with Crippen molar-refractivity contribution in [1.29, 1.82) is 0 Å². The summed E-state index contributed by atoms with van der Waals surface area (Å²) in [6, 6.07) is 16.2. The second-order valence-electron chi connectivity index (χ2n) is 7.41. The van der Waals surface area contributed by atoms with E-state index in [4.69, 9.17) is 14.0 Å². The number of halogens is 1. The molecule has 0 aliphatic heterocycles. The van der Waals surface area contributed by atoms with Crippen molar-refractivity contribution in [2.24, 2.45) is 0 Å². The van der Waals surface area contributed by atoms with Crippen LogP contribution < -0.4 is 10.3 Å². The molecular weight excluding hydrogens is 443 g/mol. The maximum Gasteiger partial charge on any atom is 0.359 e. The van der Waals surface area contributed by atoms with Gasteiger partial charge in [0, 0.05) is 11.6 Å². The Morgan fingerprint density at radius 3 is 2.71 bits per heavy atom. The average Bonchev–Trinajstić information content (AvgIpc) is 3.33. The third-order valence-corrected chi connectivity index (χ3v) is 4.89. The molecule has 0 amide bonds. The number of carbonyl (C=O) groups is 1. The Balaban J connectivity index is 1.40. The van der Waals surface area contributed by atoms with Crippen LogP contribution in [0.1, 0.15) is 35.0 Å². The fourth-order valence-electron chi connectivity index (χ4n) is 3.01. The number of hydrogen-bond acceptors (Lipinski definition) is 8. The summed E-state index contributed by atoms with van der Waals surface area (Å²) < 4.78 is 31.1. The highest BCUT2D eigenvalue weighted by Crippen LogP contribution is 2.23. The summed E-state index contributed by atoms with van der Waals surface area (Å²) in [6.45, 7) is 3.53. The van der Waals surface area contributed by atoms with E-state index in [2.05, 4.69) is 15.2 Å². The van der Waals surface area contributed by atoms with Crippen molar-refractivity contribution in [3.8, 4) is 17.1 Å². The molecule has 2 aromatic heterocycles. The van der Waals surface area contributed by atoms with Gasteiger partial charge in [-0.15, -0.1) is 0 Å². The van der Waals surface area contributed by atoms with E-state index in [0.717, 1.165) is 4.68 Å². The van der Waals surface area contributed by atoms with Crippen molar-refractivity contribution < 1.29 is 23.2 Å². The molecular formula is C24H21FN4O5. The number of carbonyl (C=O) groups excluding carboxylic acids is 1. The Hall–Kier alpha value is -4.34. The average molecular weight is 464 g/mol. The van der Waals surface area contributed by atoms with Gasteiger partial charge in [-0.2, -0.15) is 10.1 Å². The molecule has 1 unspecified atom stereocenters. The lowest BCUT2D eigenvalue weighted by Gasteiger charge is -2.10. The molecule has 0 radical (unpaired) electrons. The normalized spacial score (nSPS) is 11.7. The van der Waals surface area contributed by atoms with Gasteiger partial charge in [0.1, 0.15) is 18.2 Å². The number of esters is 1. The fourth-order valence-corrected chi connectivity index (χ4v) is 3.01. The van der Waals surface area contributed by atoms with Crippen molar-refractivity contribution in [1.82, 2.24) is 19.9 Å². The molecule has 1 atom stereocenters. The maximum atomic E-state index is 13.8. The maximum absolute atomic E-state index is 13.8. The molecule has 2 heterocycles. The molecule has 4 aromatic rings. The molecule has 0 aliphatic rings. The number of hydrogen-bond donors (Lipinski definition) is 0. The summed E-state index contributed by atoms with van der Waals surface area (Å²) in [5.41, 5.74) is 0.484. The van der Waals surface area contributed by atoms with Gasteiger partial charge in [0.15, 0.2) is 11.8 Å². The number of ether oxygens (including phenoxy) is 2. The summed E-state index contributed by atoms with van der Waals surface area (Å²) in [6.07, 6.45) is -0.896. The van der Waals surface area contributed by atoms with Crippen LogP contribution in [0.25, 0.3) is 11.4 Å². The minimum Gasteiger partial charge on any atom is -0.492 e. The number of benzene rings is 2. The van der Waals surface area contributed by atoms with Crippen LogP contribution in [0.15, 0.2) is 70.0 Å². The van der Waals surface area contributed by atoms with Crippen LogP contribution in [0.3, 0.4) is 0 Å². The number of rotatable bonds is 8. The highest BCUT2D eigenvalue weighted by atomic mass is 19.1. The van der Waals surface area contributed by atoms with Gasteiger partial charge in [-0.1, -0.05) is 35.5 Å². The van der Waals surface area contributed by atoms with Gasteiger partial charge in [-0.25, -0.2) is 13.9 Å². The van der Waals surface area contributed by atoms with Gasteiger partial charge in [0.25, 0.3) is 11.4 Å². The van der Waals surface area contributed by atoms with E-state index >= 15 is 0 Å². The molecule has 34 heavy (non-hydrogen) atoms. The summed E-state index contributed by atoms with van der Waals surface area (Å²) in [5.74, 6) is -0.298. The number of aromatic nitrogens is 4. The molecule has 0 fully saturated rings. The molecule has 174 valence electrons. The van der Waals surface area contributed by atoms with Gasteiger partial charge in [-0.3, -0.25) is 4.79 Å². The predicted octanol–water partition coefficient (Wildman–Crippen LogP) is 3.74. The third kappa shape index (κ3) is 5.34. The van der Waals surface area contributed by atoms with E-state index in [0.29, 0.717) is 16.9 Å². The first-order valence-electron chi connectivity index (χ1n) is 10.5. The van der Waals surface area contributed by atoms with Crippen LogP contribution in [0.4, 0.5) is 4.39 Å². The van der Waals surface area contributed by atoms with Gasteiger partial charge >= 0.3 is 5.97 Å². The molecule has 0 saturated carbocycles. The van der Waals surface area contributed by atoms with Gasteiger partial charge < -0.3 is 14.0 Å². The van der Waals surface area contributed by atoms with E-state index in [1.165, 1.54) is 18.2 Å². The minimum atomic E-state index is -0.896. The van der Waals surface area contributed by atoms with Gasteiger partial charge in [0.2, 0.25) is 5.82 Å². The van der Waals surface area contributed by atoms with Gasteiger partial charge in [0.05, 0.1) is 6.54 Å². The molecule has 0 aliphatic carbocycles. The molecule has 9 nitrogen and oxygen atoms in total. The van der Waals surface area contributed by atoms with Crippen LogP contribution in [0.2, 0.25) is 0 Å². The van der Waals surface area contributed by atoms with E-state index in [1.54, 1.807) is 38.1 Å². The number of nitrogens with zero attached hydrogens (tertiary/aromatic N) is 4. The van der Waals surface area contributed by atoms with E-state index < -0.39 is 17.9 Å². The Morgan fingerprint density at radius 2 is 1.94 bits per heavy atom.